The fraction of sp³-hybridized carbons (Fsp3) is 0.500. The highest BCUT2D eigenvalue weighted by Crippen LogP contribution is 2.09. The smallest absolute Gasteiger partial charge is 0.191 e. The van der Waals surface area contributed by atoms with Crippen molar-refractivity contribution in [2.45, 2.75) is 13.3 Å². The molecule has 2 N–H and O–H groups in total. The lowest BCUT2D eigenvalue weighted by molar-refractivity contribution is 0.763. The van der Waals surface area contributed by atoms with Crippen LogP contribution in [0.1, 0.15) is 13.3 Å². The van der Waals surface area contributed by atoms with E-state index in [2.05, 4.69) is 58.8 Å². The van der Waals surface area contributed by atoms with Crippen LogP contribution in [0.3, 0.4) is 0 Å². The molecule has 5 heteroatoms. The number of hydrogen-bond acceptors (Lipinski definition) is 2. The number of hydrogen-bond donors (Lipinski definition) is 2. The lowest BCUT2D eigenvalue weighted by atomic mass is 10.3. The Morgan fingerprint density at radius 2 is 1.79 bits per heavy atom. The van der Waals surface area contributed by atoms with Gasteiger partial charge in [-0.15, -0.1) is 24.0 Å². The zero-order chi connectivity index (χ0) is 13.2. The Morgan fingerprint density at radius 3 is 2.37 bits per heavy atom. The number of guanidine groups is 1. The largest absolute Gasteiger partial charge is 0.373 e. The van der Waals surface area contributed by atoms with E-state index in [9.17, 15) is 0 Å². The van der Waals surface area contributed by atoms with Crippen molar-refractivity contribution in [3.8, 4) is 0 Å². The Balaban J connectivity index is 0.00000324. The minimum atomic E-state index is 0. The summed E-state index contributed by atoms with van der Waals surface area (Å²) >= 11 is 0. The third-order valence-corrected chi connectivity index (χ3v) is 2.70. The van der Waals surface area contributed by atoms with Gasteiger partial charge in [0.1, 0.15) is 0 Å². The Labute approximate surface area is 133 Å². The van der Waals surface area contributed by atoms with Gasteiger partial charge < -0.3 is 15.5 Å². The van der Waals surface area contributed by atoms with Gasteiger partial charge in [-0.1, -0.05) is 25.1 Å². The molecule has 4 nitrogen and oxygen atoms in total. The molecule has 0 aromatic heterocycles. The van der Waals surface area contributed by atoms with Crippen molar-refractivity contribution in [3.63, 3.8) is 0 Å². The topological polar surface area (TPSA) is 39.7 Å². The Morgan fingerprint density at radius 1 is 1.16 bits per heavy atom. The van der Waals surface area contributed by atoms with Gasteiger partial charge >= 0.3 is 0 Å². The van der Waals surface area contributed by atoms with Crippen LogP contribution >= 0.6 is 24.0 Å². The maximum absolute atomic E-state index is 4.17. The molecule has 0 amide bonds. The monoisotopic (exact) mass is 376 g/mol. The van der Waals surface area contributed by atoms with E-state index in [-0.39, 0.29) is 24.0 Å². The second-order valence-electron chi connectivity index (χ2n) is 4.18. The quantitative estimate of drug-likeness (QED) is 0.455. The third kappa shape index (κ3) is 7.25. The number of nitrogens with zero attached hydrogens (tertiary/aromatic N) is 2. The highest BCUT2D eigenvalue weighted by Gasteiger charge is 2.00. The van der Waals surface area contributed by atoms with E-state index >= 15 is 0 Å². The number of para-hydroxylation sites is 1. The summed E-state index contributed by atoms with van der Waals surface area (Å²) in [4.78, 5) is 6.39. The normalized spacial score (nSPS) is 10.6. The molecule has 0 unspecified atom stereocenters. The fourth-order valence-corrected chi connectivity index (χ4v) is 1.62. The van der Waals surface area contributed by atoms with Gasteiger partial charge in [0, 0.05) is 39.4 Å². The van der Waals surface area contributed by atoms with Crippen molar-refractivity contribution >= 4 is 35.6 Å². The predicted octanol–water partition coefficient (Wildman–Crippen LogP) is 2.32. The van der Waals surface area contributed by atoms with Crippen LogP contribution in [0.25, 0.3) is 0 Å². The van der Waals surface area contributed by atoms with Crippen LogP contribution in [-0.4, -0.2) is 39.7 Å². The molecule has 1 rings (SSSR count). The first-order chi connectivity index (χ1) is 8.77. The van der Waals surface area contributed by atoms with Gasteiger partial charge in [-0.25, -0.2) is 0 Å². The van der Waals surface area contributed by atoms with Gasteiger partial charge in [-0.05, 0) is 18.6 Å². The summed E-state index contributed by atoms with van der Waals surface area (Å²) in [5.74, 6) is 0.873. The molecular weight excluding hydrogens is 351 g/mol. The molecule has 0 radical (unpaired) electrons. The molecule has 0 fully saturated rings. The Bertz CT molecular complexity index is 354. The average molecular weight is 376 g/mol. The van der Waals surface area contributed by atoms with Gasteiger partial charge in [0.15, 0.2) is 5.96 Å². The van der Waals surface area contributed by atoms with E-state index < -0.39 is 0 Å². The van der Waals surface area contributed by atoms with E-state index in [0.29, 0.717) is 0 Å². The summed E-state index contributed by atoms with van der Waals surface area (Å²) < 4.78 is 0. The molecule has 0 bridgehead atoms. The molecule has 0 aliphatic heterocycles. The summed E-state index contributed by atoms with van der Waals surface area (Å²) in [6, 6.07) is 10.4. The van der Waals surface area contributed by atoms with Crippen molar-refractivity contribution < 1.29 is 0 Å². The van der Waals surface area contributed by atoms with Crippen LogP contribution in [0.15, 0.2) is 35.3 Å². The Kier molecular flexibility index (Phi) is 10.3. The lowest BCUT2D eigenvalue weighted by Gasteiger charge is -2.20. The fourth-order valence-electron chi connectivity index (χ4n) is 1.62. The van der Waals surface area contributed by atoms with Crippen LogP contribution in [0.4, 0.5) is 5.69 Å². The molecular formula is C14H25IN4. The molecule has 1 aromatic rings. The first kappa shape index (κ1) is 18.0. The van der Waals surface area contributed by atoms with Crippen molar-refractivity contribution in [1.82, 2.24) is 10.6 Å². The summed E-state index contributed by atoms with van der Waals surface area (Å²) in [5, 5.41) is 6.56. The first-order valence-corrected chi connectivity index (χ1v) is 6.48. The number of anilines is 1. The SMILES string of the molecule is CCCNC(=NC)NCCN(C)c1ccccc1.I. The van der Waals surface area contributed by atoms with Gasteiger partial charge in [-0.2, -0.15) is 0 Å². The first-order valence-electron chi connectivity index (χ1n) is 6.48. The molecule has 108 valence electrons. The van der Waals surface area contributed by atoms with E-state index in [0.717, 1.165) is 32.0 Å². The number of aliphatic imine (C=N–C) groups is 1. The number of nitrogens with one attached hydrogen (secondary N) is 2. The van der Waals surface area contributed by atoms with Crippen molar-refractivity contribution in [2.24, 2.45) is 4.99 Å². The molecule has 0 saturated heterocycles. The maximum atomic E-state index is 4.17. The van der Waals surface area contributed by atoms with Crippen molar-refractivity contribution in [2.75, 3.05) is 38.6 Å². The van der Waals surface area contributed by atoms with E-state index in [1.165, 1.54) is 5.69 Å². The molecule has 1 aromatic carbocycles. The second-order valence-corrected chi connectivity index (χ2v) is 4.18. The number of halogens is 1. The van der Waals surface area contributed by atoms with Crippen LogP contribution < -0.4 is 15.5 Å². The van der Waals surface area contributed by atoms with Gasteiger partial charge in [0.05, 0.1) is 0 Å². The Hall–Kier alpha value is -0.980. The predicted molar refractivity (Wildman–Crippen MR) is 94.8 cm³/mol. The van der Waals surface area contributed by atoms with Crippen LogP contribution in [0.2, 0.25) is 0 Å². The van der Waals surface area contributed by atoms with Crippen LogP contribution in [-0.2, 0) is 0 Å². The van der Waals surface area contributed by atoms with E-state index in [1.807, 2.05) is 6.07 Å². The molecule has 0 saturated carbocycles. The van der Waals surface area contributed by atoms with Crippen LogP contribution in [0.5, 0.6) is 0 Å². The molecule has 0 aliphatic carbocycles. The van der Waals surface area contributed by atoms with E-state index in [4.69, 9.17) is 0 Å². The van der Waals surface area contributed by atoms with Crippen LogP contribution in [0, 0.1) is 0 Å². The highest BCUT2D eigenvalue weighted by atomic mass is 127. The molecule has 0 heterocycles. The average Bonchev–Trinajstić information content (AvgIpc) is 2.43. The zero-order valence-corrected chi connectivity index (χ0v) is 14.3. The third-order valence-electron chi connectivity index (χ3n) is 2.70. The molecule has 19 heavy (non-hydrogen) atoms. The standard InChI is InChI=1S/C14H24N4.HI/c1-4-10-16-14(15-2)17-11-12-18(3)13-8-6-5-7-9-13;/h5-9H,4,10-12H2,1-3H3,(H2,15,16,17);1H. The summed E-state index contributed by atoms with van der Waals surface area (Å²) in [7, 11) is 3.89. The van der Waals surface area contributed by atoms with Crippen molar-refractivity contribution in [3.05, 3.63) is 30.3 Å². The maximum Gasteiger partial charge on any atom is 0.191 e. The van der Waals surface area contributed by atoms with Gasteiger partial charge in [-0.3, -0.25) is 4.99 Å². The second kappa shape index (κ2) is 10.9. The zero-order valence-electron chi connectivity index (χ0n) is 12.0. The highest BCUT2D eigenvalue weighted by molar-refractivity contribution is 14.0. The van der Waals surface area contributed by atoms with E-state index in [1.54, 1.807) is 7.05 Å². The minimum Gasteiger partial charge on any atom is -0.373 e. The number of likely N-dealkylation sites (N-methyl/N-ethyl adjacent to an activating group) is 1. The molecule has 0 spiro atoms. The minimum absolute atomic E-state index is 0. The summed E-state index contributed by atoms with van der Waals surface area (Å²) in [5.41, 5.74) is 1.23. The lowest BCUT2D eigenvalue weighted by Crippen LogP contribution is -2.41. The van der Waals surface area contributed by atoms with Gasteiger partial charge in [0.25, 0.3) is 0 Å². The summed E-state index contributed by atoms with van der Waals surface area (Å²) in [6.45, 7) is 4.91. The number of rotatable bonds is 6. The number of benzene rings is 1. The molecule has 0 aliphatic rings. The molecule has 0 atom stereocenters. The summed E-state index contributed by atoms with van der Waals surface area (Å²) in [6.07, 6.45) is 1.10. The van der Waals surface area contributed by atoms with Gasteiger partial charge in [0.2, 0.25) is 0 Å². The van der Waals surface area contributed by atoms with Crippen molar-refractivity contribution in [1.29, 1.82) is 0 Å².